The Balaban J connectivity index is 2.32. The van der Waals surface area contributed by atoms with Crippen LogP contribution < -0.4 is 10.6 Å². The number of imide groups is 1. The summed E-state index contributed by atoms with van der Waals surface area (Å²) in [7, 11) is 3.40. The van der Waals surface area contributed by atoms with Crippen LogP contribution in [0.1, 0.15) is 17.8 Å². The molecule has 0 aliphatic carbocycles. The number of urea groups is 1. The molecule has 1 heterocycles. The lowest BCUT2D eigenvalue weighted by atomic mass is 10.2. The van der Waals surface area contributed by atoms with E-state index in [9.17, 15) is 9.59 Å². The molecule has 7 heteroatoms. The van der Waals surface area contributed by atoms with E-state index in [1.54, 1.807) is 18.4 Å². The Morgan fingerprint density at radius 1 is 1.50 bits per heavy atom. The van der Waals surface area contributed by atoms with Crippen molar-refractivity contribution < 1.29 is 14.3 Å². The molecule has 1 unspecified atom stereocenters. The normalized spacial score (nSPS) is 12.2. The van der Waals surface area contributed by atoms with Crippen molar-refractivity contribution in [3.8, 4) is 0 Å². The first-order valence-electron chi connectivity index (χ1n) is 6.35. The Kier molecular flexibility index (Phi) is 7.21. The van der Waals surface area contributed by atoms with Crippen molar-refractivity contribution in [3.63, 3.8) is 0 Å². The molecular formula is C13H21N3O3S. The molecule has 0 aliphatic heterocycles. The third-order valence-electron chi connectivity index (χ3n) is 2.85. The lowest BCUT2D eigenvalue weighted by Crippen LogP contribution is -2.44. The minimum atomic E-state index is -0.496. The predicted octanol–water partition coefficient (Wildman–Crippen LogP) is 1.21. The van der Waals surface area contributed by atoms with Gasteiger partial charge in [0.1, 0.15) is 0 Å². The number of methoxy groups -OCH3 is 1. The maximum absolute atomic E-state index is 11.7. The quantitative estimate of drug-likeness (QED) is 0.743. The second-order valence-corrected chi connectivity index (χ2v) is 5.38. The minimum Gasteiger partial charge on any atom is -0.383 e. The van der Waals surface area contributed by atoms with Gasteiger partial charge < -0.3 is 10.1 Å². The molecule has 1 aromatic rings. The highest BCUT2D eigenvalue weighted by Gasteiger charge is 2.16. The van der Waals surface area contributed by atoms with E-state index in [4.69, 9.17) is 4.74 Å². The molecule has 0 aliphatic rings. The molecule has 0 saturated carbocycles. The van der Waals surface area contributed by atoms with Gasteiger partial charge in [-0.2, -0.15) is 0 Å². The van der Waals surface area contributed by atoms with Crippen LogP contribution in [-0.2, 0) is 9.53 Å². The van der Waals surface area contributed by atoms with Crippen LogP contribution in [0.4, 0.5) is 4.79 Å². The van der Waals surface area contributed by atoms with E-state index >= 15 is 0 Å². The number of amides is 3. The molecule has 0 spiro atoms. The molecule has 1 atom stereocenters. The SMILES string of the molecule is COCCNC(=O)NC(=O)CN(C)C(C)c1cccs1. The van der Waals surface area contributed by atoms with Crippen LogP contribution in [0, 0.1) is 0 Å². The van der Waals surface area contributed by atoms with Crippen LogP contribution in [0.15, 0.2) is 17.5 Å². The van der Waals surface area contributed by atoms with Crippen LogP contribution in [0.2, 0.25) is 0 Å². The molecular weight excluding hydrogens is 278 g/mol. The number of carbonyl (C=O) groups excluding carboxylic acids is 2. The van der Waals surface area contributed by atoms with Crippen molar-refractivity contribution in [3.05, 3.63) is 22.4 Å². The van der Waals surface area contributed by atoms with Crippen molar-refractivity contribution in [2.24, 2.45) is 0 Å². The molecule has 6 nitrogen and oxygen atoms in total. The van der Waals surface area contributed by atoms with Crippen LogP contribution in [0.3, 0.4) is 0 Å². The largest absolute Gasteiger partial charge is 0.383 e. The van der Waals surface area contributed by atoms with Crippen molar-refractivity contribution in [1.82, 2.24) is 15.5 Å². The van der Waals surface area contributed by atoms with E-state index in [-0.39, 0.29) is 18.5 Å². The number of hydrogen-bond acceptors (Lipinski definition) is 5. The van der Waals surface area contributed by atoms with Gasteiger partial charge in [0.25, 0.3) is 0 Å². The monoisotopic (exact) mass is 299 g/mol. The van der Waals surface area contributed by atoms with Gasteiger partial charge in [-0.1, -0.05) is 6.07 Å². The second kappa shape index (κ2) is 8.68. The highest BCUT2D eigenvalue weighted by atomic mass is 32.1. The molecule has 0 bridgehead atoms. The minimum absolute atomic E-state index is 0.136. The van der Waals surface area contributed by atoms with Crippen LogP contribution in [0.5, 0.6) is 0 Å². The number of carbonyl (C=O) groups is 2. The lowest BCUT2D eigenvalue weighted by molar-refractivity contribution is -0.121. The predicted molar refractivity (Wildman–Crippen MR) is 78.8 cm³/mol. The molecule has 112 valence electrons. The maximum atomic E-state index is 11.7. The first kappa shape index (κ1) is 16.6. The van der Waals surface area contributed by atoms with Crippen molar-refractivity contribution in [1.29, 1.82) is 0 Å². The summed E-state index contributed by atoms with van der Waals surface area (Å²) in [6, 6.07) is 3.65. The van der Waals surface area contributed by atoms with Gasteiger partial charge in [-0.25, -0.2) is 4.79 Å². The zero-order chi connectivity index (χ0) is 15.0. The van der Waals surface area contributed by atoms with Crippen LogP contribution in [0.25, 0.3) is 0 Å². The molecule has 0 saturated heterocycles. The Labute approximate surface area is 123 Å². The van der Waals surface area contributed by atoms with Crippen molar-refractivity contribution in [2.45, 2.75) is 13.0 Å². The van der Waals surface area contributed by atoms with Gasteiger partial charge in [0.2, 0.25) is 5.91 Å². The van der Waals surface area contributed by atoms with Gasteiger partial charge in [-0.3, -0.25) is 15.0 Å². The summed E-state index contributed by atoms with van der Waals surface area (Å²) >= 11 is 1.65. The van der Waals surface area contributed by atoms with E-state index < -0.39 is 6.03 Å². The number of thiophene rings is 1. The number of likely N-dealkylation sites (N-methyl/N-ethyl adjacent to an activating group) is 1. The average Bonchev–Trinajstić information content (AvgIpc) is 2.91. The fourth-order valence-corrected chi connectivity index (χ4v) is 2.43. The molecule has 0 aromatic carbocycles. The van der Waals surface area contributed by atoms with Crippen molar-refractivity contribution in [2.75, 3.05) is 33.9 Å². The first-order chi connectivity index (χ1) is 9.54. The van der Waals surface area contributed by atoms with Gasteiger partial charge in [0.15, 0.2) is 0 Å². The van der Waals surface area contributed by atoms with Crippen LogP contribution >= 0.6 is 11.3 Å². The Morgan fingerprint density at radius 2 is 2.25 bits per heavy atom. The Morgan fingerprint density at radius 3 is 2.85 bits per heavy atom. The number of rotatable bonds is 7. The standard InChI is InChI=1S/C13H21N3O3S/c1-10(11-5-4-8-20-11)16(2)9-12(17)15-13(18)14-6-7-19-3/h4-5,8,10H,6-7,9H2,1-3H3,(H2,14,15,17,18). The second-order valence-electron chi connectivity index (χ2n) is 4.40. The van der Waals surface area contributed by atoms with Gasteiger partial charge in [-0.15, -0.1) is 11.3 Å². The molecule has 3 amide bonds. The first-order valence-corrected chi connectivity index (χ1v) is 7.22. The Bertz CT molecular complexity index is 423. The number of nitrogens with one attached hydrogen (secondary N) is 2. The summed E-state index contributed by atoms with van der Waals surface area (Å²) < 4.78 is 4.80. The van der Waals surface area contributed by atoms with E-state index in [1.165, 1.54) is 4.88 Å². The summed E-state index contributed by atoms with van der Waals surface area (Å²) in [6.07, 6.45) is 0. The summed E-state index contributed by atoms with van der Waals surface area (Å²) in [4.78, 5) is 26.2. The zero-order valence-corrected chi connectivity index (χ0v) is 12.8. The van der Waals surface area contributed by atoms with Gasteiger partial charge in [-0.05, 0) is 25.4 Å². The van der Waals surface area contributed by atoms with E-state index in [0.717, 1.165) is 0 Å². The smallest absolute Gasteiger partial charge is 0.321 e. The Hall–Kier alpha value is -1.44. The maximum Gasteiger partial charge on any atom is 0.321 e. The third kappa shape index (κ3) is 5.68. The molecule has 0 radical (unpaired) electrons. The zero-order valence-electron chi connectivity index (χ0n) is 12.0. The highest BCUT2D eigenvalue weighted by molar-refractivity contribution is 7.10. The molecule has 0 fully saturated rings. The molecule has 1 aromatic heterocycles. The lowest BCUT2D eigenvalue weighted by Gasteiger charge is -2.22. The van der Waals surface area contributed by atoms with E-state index in [2.05, 4.69) is 10.6 Å². The summed E-state index contributed by atoms with van der Waals surface area (Å²) in [5, 5.41) is 6.82. The number of ether oxygens (including phenoxy) is 1. The van der Waals surface area contributed by atoms with E-state index in [0.29, 0.717) is 13.2 Å². The summed E-state index contributed by atoms with van der Waals surface area (Å²) in [5.41, 5.74) is 0. The van der Waals surface area contributed by atoms with E-state index in [1.807, 2.05) is 36.4 Å². The van der Waals surface area contributed by atoms with Gasteiger partial charge in [0, 0.05) is 24.6 Å². The van der Waals surface area contributed by atoms with Crippen LogP contribution in [-0.4, -0.2) is 50.7 Å². The molecule has 1 rings (SSSR count). The topological polar surface area (TPSA) is 70.7 Å². The fourth-order valence-electron chi connectivity index (χ4n) is 1.59. The van der Waals surface area contributed by atoms with Gasteiger partial charge >= 0.3 is 6.03 Å². The van der Waals surface area contributed by atoms with Crippen molar-refractivity contribution >= 4 is 23.3 Å². The molecule has 2 N–H and O–H groups in total. The number of hydrogen-bond donors (Lipinski definition) is 2. The number of nitrogens with zero attached hydrogens (tertiary/aromatic N) is 1. The summed E-state index contributed by atoms with van der Waals surface area (Å²) in [6.45, 7) is 2.97. The molecule has 20 heavy (non-hydrogen) atoms. The third-order valence-corrected chi connectivity index (χ3v) is 3.90. The highest BCUT2D eigenvalue weighted by Crippen LogP contribution is 2.22. The summed E-state index contributed by atoms with van der Waals surface area (Å²) in [5.74, 6) is -0.328. The van der Waals surface area contributed by atoms with Gasteiger partial charge in [0.05, 0.1) is 13.2 Å². The average molecular weight is 299 g/mol. The fraction of sp³-hybridized carbons (Fsp3) is 0.538.